The van der Waals surface area contributed by atoms with Gasteiger partial charge in [0.05, 0.1) is 11.5 Å². The van der Waals surface area contributed by atoms with E-state index in [4.69, 9.17) is 5.11 Å². The molecule has 1 atom stereocenters. The van der Waals surface area contributed by atoms with Crippen LogP contribution in [0.1, 0.15) is 22.8 Å². The molecular weight excluding hydrogens is 376 g/mol. The van der Waals surface area contributed by atoms with Crippen molar-refractivity contribution in [2.75, 3.05) is 11.1 Å². The fourth-order valence-corrected chi connectivity index (χ4v) is 3.08. The highest BCUT2D eigenvalue weighted by molar-refractivity contribution is 8.13. The van der Waals surface area contributed by atoms with E-state index in [0.29, 0.717) is 0 Å². The number of carboxylic acids is 1. The highest BCUT2D eigenvalue weighted by Crippen LogP contribution is 2.21. The standard InChI is InChI=1S/C19H17F2NO4S/c1-11(23)27-10-14(7-12-5-6-15(20)9-17(12)21)18(24)22-16-4-2-3-13(8-16)19(25)26/h2-6,8-9,14H,7,10H2,1H3,(H,22,24)(H,25,26). The number of aromatic carboxylic acids is 1. The van der Waals surface area contributed by atoms with Crippen molar-refractivity contribution in [3.8, 4) is 0 Å². The largest absolute Gasteiger partial charge is 0.478 e. The molecule has 0 saturated carbocycles. The van der Waals surface area contributed by atoms with Crippen LogP contribution in [0.3, 0.4) is 0 Å². The number of amides is 1. The normalized spacial score (nSPS) is 11.7. The summed E-state index contributed by atoms with van der Waals surface area (Å²) in [5.41, 5.74) is 0.435. The van der Waals surface area contributed by atoms with E-state index in [-0.39, 0.29) is 34.1 Å². The Kier molecular flexibility index (Phi) is 7.06. The number of halogens is 2. The summed E-state index contributed by atoms with van der Waals surface area (Å²) < 4.78 is 27.0. The molecule has 0 bridgehead atoms. The number of anilines is 1. The molecule has 0 fully saturated rings. The summed E-state index contributed by atoms with van der Waals surface area (Å²) in [6.45, 7) is 1.36. The predicted octanol–water partition coefficient (Wildman–Crippen LogP) is 3.74. The van der Waals surface area contributed by atoms with Crippen LogP contribution in [0.25, 0.3) is 0 Å². The number of benzene rings is 2. The number of carboxylic acid groups (broad SMARTS) is 1. The van der Waals surface area contributed by atoms with Crippen LogP contribution in [0, 0.1) is 17.6 Å². The Bertz CT molecular complexity index is 873. The Morgan fingerprint density at radius 1 is 1.15 bits per heavy atom. The van der Waals surface area contributed by atoms with Crippen molar-refractivity contribution in [3.63, 3.8) is 0 Å². The van der Waals surface area contributed by atoms with E-state index < -0.39 is 29.4 Å². The highest BCUT2D eigenvalue weighted by atomic mass is 32.2. The predicted molar refractivity (Wildman–Crippen MR) is 98.7 cm³/mol. The lowest BCUT2D eigenvalue weighted by Gasteiger charge is -2.17. The Morgan fingerprint density at radius 2 is 1.89 bits per heavy atom. The third-order valence-corrected chi connectivity index (χ3v) is 4.69. The molecule has 0 spiro atoms. The maximum atomic E-state index is 13.9. The van der Waals surface area contributed by atoms with Gasteiger partial charge >= 0.3 is 5.97 Å². The van der Waals surface area contributed by atoms with Crippen molar-refractivity contribution in [1.29, 1.82) is 0 Å². The number of carbonyl (C=O) groups excluding carboxylic acids is 2. The summed E-state index contributed by atoms with van der Waals surface area (Å²) in [6.07, 6.45) is -0.0309. The summed E-state index contributed by atoms with van der Waals surface area (Å²) in [5, 5.41) is 11.4. The van der Waals surface area contributed by atoms with Gasteiger partial charge in [-0.2, -0.15) is 0 Å². The van der Waals surface area contributed by atoms with Gasteiger partial charge in [-0.25, -0.2) is 13.6 Å². The van der Waals surface area contributed by atoms with Crippen molar-refractivity contribution in [1.82, 2.24) is 0 Å². The summed E-state index contributed by atoms with van der Waals surface area (Å²) in [5.74, 6) is -3.78. The number of nitrogens with one attached hydrogen (secondary N) is 1. The second kappa shape index (κ2) is 9.27. The first kappa shape index (κ1) is 20.6. The zero-order chi connectivity index (χ0) is 20.0. The lowest BCUT2D eigenvalue weighted by molar-refractivity contribution is -0.119. The minimum Gasteiger partial charge on any atom is -0.478 e. The van der Waals surface area contributed by atoms with E-state index in [1.165, 1.54) is 37.3 Å². The molecule has 0 radical (unpaired) electrons. The summed E-state index contributed by atoms with van der Waals surface area (Å²) in [6, 6.07) is 8.79. The van der Waals surface area contributed by atoms with E-state index in [2.05, 4.69) is 5.32 Å². The number of thioether (sulfide) groups is 1. The molecule has 1 amide bonds. The molecule has 1 unspecified atom stereocenters. The lowest BCUT2D eigenvalue weighted by atomic mass is 9.99. The quantitative estimate of drug-likeness (QED) is 0.749. The molecule has 2 aromatic carbocycles. The average molecular weight is 393 g/mol. The van der Waals surface area contributed by atoms with Gasteiger partial charge in [-0.15, -0.1) is 0 Å². The van der Waals surface area contributed by atoms with Gasteiger partial charge < -0.3 is 10.4 Å². The van der Waals surface area contributed by atoms with Crippen LogP contribution < -0.4 is 5.32 Å². The molecule has 27 heavy (non-hydrogen) atoms. The zero-order valence-electron chi connectivity index (χ0n) is 14.4. The van der Waals surface area contributed by atoms with Crippen LogP contribution >= 0.6 is 11.8 Å². The van der Waals surface area contributed by atoms with Crippen molar-refractivity contribution in [3.05, 3.63) is 65.2 Å². The topological polar surface area (TPSA) is 83.5 Å². The third kappa shape index (κ3) is 6.18. The Labute approximate surface area is 158 Å². The Balaban J connectivity index is 2.19. The van der Waals surface area contributed by atoms with E-state index in [1.54, 1.807) is 0 Å². The molecule has 0 aliphatic heterocycles. The van der Waals surface area contributed by atoms with Crippen molar-refractivity contribution < 1.29 is 28.3 Å². The summed E-state index contributed by atoms with van der Waals surface area (Å²) >= 11 is 0.924. The molecule has 0 heterocycles. The van der Waals surface area contributed by atoms with Crippen LogP contribution in [-0.4, -0.2) is 27.9 Å². The smallest absolute Gasteiger partial charge is 0.335 e. The van der Waals surface area contributed by atoms with E-state index >= 15 is 0 Å². The van der Waals surface area contributed by atoms with Crippen LogP contribution in [0.5, 0.6) is 0 Å². The molecule has 0 aliphatic carbocycles. The maximum absolute atomic E-state index is 13.9. The summed E-state index contributed by atoms with van der Waals surface area (Å²) in [4.78, 5) is 34.9. The van der Waals surface area contributed by atoms with Crippen LogP contribution in [0.4, 0.5) is 14.5 Å². The molecule has 142 valence electrons. The minimum absolute atomic E-state index is 0.00652. The lowest BCUT2D eigenvalue weighted by Crippen LogP contribution is -2.27. The van der Waals surface area contributed by atoms with E-state index in [0.717, 1.165) is 23.9 Å². The SMILES string of the molecule is CC(=O)SCC(Cc1ccc(F)cc1F)C(=O)Nc1cccc(C(=O)O)c1. The summed E-state index contributed by atoms with van der Waals surface area (Å²) in [7, 11) is 0. The van der Waals surface area contributed by atoms with Gasteiger partial charge in [0, 0.05) is 24.4 Å². The molecule has 2 aromatic rings. The second-order valence-corrected chi connectivity index (χ2v) is 7.01. The van der Waals surface area contributed by atoms with Gasteiger partial charge in [0.1, 0.15) is 11.6 Å². The van der Waals surface area contributed by atoms with Crippen molar-refractivity contribution in [2.24, 2.45) is 5.92 Å². The Morgan fingerprint density at radius 3 is 2.52 bits per heavy atom. The number of carbonyl (C=O) groups is 3. The average Bonchev–Trinajstić information content (AvgIpc) is 2.60. The maximum Gasteiger partial charge on any atom is 0.335 e. The molecule has 2 N–H and O–H groups in total. The fourth-order valence-electron chi connectivity index (χ4n) is 2.37. The van der Waals surface area contributed by atoms with Gasteiger partial charge in [0.2, 0.25) is 5.91 Å². The number of hydrogen-bond acceptors (Lipinski definition) is 4. The van der Waals surface area contributed by atoms with Gasteiger partial charge in [0.25, 0.3) is 0 Å². The van der Waals surface area contributed by atoms with Crippen molar-refractivity contribution in [2.45, 2.75) is 13.3 Å². The Hall–Kier alpha value is -2.74. The monoisotopic (exact) mass is 393 g/mol. The van der Waals surface area contributed by atoms with Gasteiger partial charge in [-0.1, -0.05) is 23.9 Å². The molecule has 0 aliphatic rings. The minimum atomic E-state index is -1.14. The molecule has 0 saturated heterocycles. The molecular formula is C19H17F2NO4S. The highest BCUT2D eigenvalue weighted by Gasteiger charge is 2.22. The number of hydrogen-bond donors (Lipinski definition) is 2. The molecule has 5 nitrogen and oxygen atoms in total. The van der Waals surface area contributed by atoms with E-state index in [9.17, 15) is 23.2 Å². The number of rotatable bonds is 7. The fraction of sp³-hybridized carbons (Fsp3) is 0.211. The van der Waals surface area contributed by atoms with Crippen LogP contribution in [0.15, 0.2) is 42.5 Å². The molecule has 0 aromatic heterocycles. The van der Waals surface area contributed by atoms with Crippen LogP contribution in [0.2, 0.25) is 0 Å². The first-order valence-corrected chi connectivity index (χ1v) is 8.96. The van der Waals surface area contributed by atoms with E-state index in [1.807, 2.05) is 0 Å². The van der Waals surface area contributed by atoms with Crippen molar-refractivity contribution >= 4 is 34.4 Å². The van der Waals surface area contributed by atoms with Gasteiger partial charge in [-0.05, 0) is 36.2 Å². The molecule has 2 rings (SSSR count). The second-order valence-electron chi connectivity index (χ2n) is 5.81. The molecule has 8 heteroatoms. The van der Waals surface area contributed by atoms with Gasteiger partial charge in [-0.3, -0.25) is 9.59 Å². The third-order valence-electron chi connectivity index (χ3n) is 3.72. The first-order chi connectivity index (χ1) is 12.8. The zero-order valence-corrected chi connectivity index (χ0v) is 15.2. The van der Waals surface area contributed by atoms with Gasteiger partial charge in [0.15, 0.2) is 5.12 Å². The van der Waals surface area contributed by atoms with Crippen LogP contribution in [-0.2, 0) is 16.0 Å². The first-order valence-electron chi connectivity index (χ1n) is 7.97.